The van der Waals surface area contributed by atoms with Crippen LogP contribution in [0.15, 0.2) is 79.1 Å². The van der Waals surface area contributed by atoms with Gasteiger partial charge in [0.2, 0.25) is 0 Å². The summed E-state index contributed by atoms with van der Waals surface area (Å²) < 4.78 is 3.61. The zero-order valence-corrected chi connectivity index (χ0v) is 12.7. The predicted octanol–water partition coefficient (Wildman–Crippen LogP) is 3.76. The Bertz CT molecular complexity index is 1010. The molecule has 3 heterocycles. The molecule has 24 heavy (non-hydrogen) atoms. The fraction of sp³-hybridized carbons (Fsp3) is 0. The Morgan fingerprint density at radius 2 is 1.04 bits per heavy atom. The average Bonchev–Trinajstić information content (AvgIpc) is 3.26. The molecule has 5 heteroatoms. The van der Waals surface area contributed by atoms with Crippen molar-refractivity contribution in [2.45, 2.75) is 0 Å². The number of pyridine rings is 1. The van der Waals surface area contributed by atoms with Gasteiger partial charge in [0.1, 0.15) is 0 Å². The molecule has 0 saturated carbocycles. The lowest BCUT2D eigenvalue weighted by Gasteiger charge is -2.04. The molecule has 3 aromatic heterocycles. The lowest BCUT2D eigenvalue weighted by atomic mass is 10.3. The molecule has 0 aliphatic carbocycles. The minimum absolute atomic E-state index is 0.767. The summed E-state index contributed by atoms with van der Waals surface area (Å²) in [6.45, 7) is 0. The van der Waals surface area contributed by atoms with Crippen LogP contribution >= 0.6 is 0 Å². The summed E-state index contributed by atoms with van der Waals surface area (Å²) >= 11 is 0. The summed E-state index contributed by atoms with van der Waals surface area (Å²) in [5.41, 5.74) is 1.91. The molecule has 0 aliphatic heterocycles. The highest BCUT2D eigenvalue weighted by atomic mass is 15.3. The van der Waals surface area contributed by atoms with Gasteiger partial charge in [-0.15, -0.1) is 0 Å². The van der Waals surface area contributed by atoms with Crippen LogP contribution < -0.4 is 0 Å². The zero-order valence-electron chi connectivity index (χ0n) is 12.7. The van der Waals surface area contributed by atoms with Crippen molar-refractivity contribution in [2.75, 3.05) is 0 Å². The van der Waals surface area contributed by atoms with Crippen molar-refractivity contribution >= 4 is 21.8 Å². The molecular weight excluding hydrogens is 298 g/mol. The van der Waals surface area contributed by atoms with Crippen molar-refractivity contribution in [3.05, 3.63) is 79.1 Å². The number of rotatable bonds is 2. The summed E-state index contributed by atoms with van der Waals surface area (Å²) in [6, 6.07) is 21.9. The van der Waals surface area contributed by atoms with E-state index in [4.69, 9.17) is 4.98 Å². The van der Waals surface area contributed by atoms with E-state index in [-0.39, 0.29) is 0 Å². The lowest BCUT2D eigenvalue weighted by molar-refractivity contribution is 0.815. The van der Waals surface area contributed by atoms with Gasteiger partial charge in [-0.1, -0.05) is 42.5 Å². The van der Waals surface area contributed by atoms with E-state index in [2.05, 4.69) is 10.2 Å². The standard InChI is InChI=1S/C19H13N5/c1-3-8-16-14(6-1)12-23(21-16)18-10-5-11-19(20-18)24-13-15-7-2-4-9-17(15)22-24/h1-13H. The molecule has 5 nitrogen and oxygen atoms in total. The highest BCUT2D eigenvalue weighted by molar-refractivity contribution is 5.79. The van der Waals surface area contributed by atoms with Crippen LogP contribution in [0.5, 0.6) is 0 Å². The second-order valence-electron chi connectivity index (χ2n) is 5.62. The normalized spacial score (nSPS) is 11.3. The van der Waals surface area contributed by atoms with E-state index in [1.165, 1.54) is 0 Å². The van der Waals surface area contributed by atoms with Gasteiger partial charge in [0.05, 0.1) is 11.0 Å². The van der Waals surface area contributed by atoms with Gasteiger partial charge in [-0.2, -0.15) is 10.2 Å². The number of fused-ring (bicyclic) bond motifs is 2. The van der Waals surface area contributed by atoms with Gasteiger partial charge in [-0.05, 0) is 24.3 Å². The quantitative estimate of drug-likeness (QED) is 0.499. The van der Waals surface area contributed by atoms with E-state index in [1.807, 2.05) is 79.1 Å². The van der Waals surface area contributed by atoms with Crippen LogP contribution in [0.25, 0.3) is 33.4 Å². The third kappa shape index (κ3) is 2.06. The fourth-order valence-electron chi connectivity index (χ4n) is 2.83. The Labute approximate surface area is 137 Å². The molecule has 0 N–H and O–H groups in total. The average molecular weight is 311 g/mol. The van der Waals surface area contributed by atoms with Crippen molar-refractivity contribution in [3.8, 4) is 11.6 Å². The van der Waals surface area contributed by atoms with E-state index in [1.54, 1.807) is 9.36 Å². The first-order valence-electron chi connectivity index (χ1n) is 7.73. The van der Waals surface area contributed by atoms with Crippen molar-refractivity contribution in [2.24, 2.45) is 0 Å². The molecule has 0 aliphatic rings. The second-order valence-corrected chi connectivity index (χ2v) is 5.62. The van der Waals surface area contributed by atoms with E-state index >= 15 is 0 Å². The van der Waals surface area contributed by atoms with Gasteiger partial charge in [0.25, 0.3) is 0 Å². The second kappa shape index (κ2) is 5.03. The predicted molar refractivity (Wildman–Crippen MR) is 93.5 cm³/mol. The molecule has 0 amide bonds. The maximum Gasteiger partial charge on any atom is 0.155 e. The van der Waals surface area contributed by atoms with Gasteiger partial charge in [-0.25, -0.2) is 14.3 Å². The van der Waals surface area contributed by atoms with Crippen LogP contribution in [0.2, 0.25) is 0 Å². The third-order valence-corrected chi connectivity index (χ3v) is 4.02. The molecule has 2 aromatic carbocycles. The Morgan fingerprint density at radius 3 is 1.54 bits per heavy atom. The summed E-state index contributed by atoms with van der Waals surface area (Å²) in [6.07, 6.45) is 3.97. The Morgan fingerprint density at radius 1 is 0.542 bits per heavy atom. The van der Waals surface area contributed by atoms with Gasteiger partial charge in [0, 0.05) is 23.2 Å². The minimum atomic E-state index is 0.767. The molecule has 0 unspecified atom stereocenters. The van der Waals surface area contributed by atoms with Crippen molar-refractivity contribution < 1.29 is 0 Å². The first-order chi connectivity index (χ1) is 11.9. The Hall–Kier alpha value is -3.47. The first-order valence-corrected chi connectivity index (χ1v) is 7.73. The molecule has 0 radical (unpaired) electrons. The van der Waals surface area contributed by atoms with E-state index in [0.717, 1.165) is 33.4 Å². The van der Waals surface area contributed by atoms with Gasteiger partial charge >= 0.3 is 0 Å². The van der Waals surface area contributed by atoms with Crippen molar-refractivity contribution in [1.82, 2.24) is 24.5 Å². The molecule has 114 valence electrons. The van der Waals surface area contributed by atoms with Crippen molar-refractivity contribution in [1.29, 1.82) is 0 Å². The SMILES string of the molecule is c1cc(-n2cc3ccccc3n2)nc(-n2cc3ccccc3n2)c1. The molecule has 0 atom stereocenters. The Balaban J connectivity index is 1.62. The molecule has 0 saturated heterocycles. The summed E-state index contributed by atoms with van der Waals surface area (Å²) in [5, 5.41) is 11.4. The molecule has 0 spiro atoms. The minimum Gasteiger partial charge on any atom is -0.221 e. The van der Waals surface area contributed by atoms with E-state index in [9.17, 15) is 0 Å². The summed E-state index contributed by atoms with van der Waals surface area (Å²) in [5.74, 6) is 1.53. The summed E-state index contributed by atoms with van der Waals surface area (Å²) in [4.78, 5) is 4.70. The number of nitrogens with zero attached hydrogens (tertiary/aromatic N) is 5. The van der Waals surface area contributed by atoms with E-state index in [0.29, 0.717) is 0 Å². The van der Waals surface area contributed by atoms with Gasteiger partial charge < -0.3 is 0 Å². The third-order valence-electron chi connectivity index (χ3n) is 4.02. The molecule has 5 aromatic rings. The maximum atomic E-state index is 4.70. The van der Waals surface area contributed by atoms with Crippen LogP contribution in [-0.4, -0.2) is 24.5 Å². The largest absolute Gasteiger partial charge is 0.221 e. The number of aromatic nitrogens is 5. The van der Waals surface area contributed by atoms with Crippen LogP contribution in [0.4, 0.5) is 0 Å². The van der Waals surface area contributed by atoms with Crippen LogP contribution in [-0.2, 0) is 0 Å². The van der Waals surface area contributed by atoms with E-state index < -0.39 is 0 Å². The van der Waals surface area contributed by atoms with Gasteiger partial charge in [0.15, 0.2) is 11.6 Å². The lowest BCUT2D eigenvalue weighted by Crippen LogP contribution is -2.03. The maximum absolute atomic E-state index is 4.70. The molecule has 0 fully saturated rings. The number of hydrogen-bond acceptors (Lipinski definition) is 3. The fourth-order valence-corrected chi connectivity index (χ4v) is 2.83. The molecule has 5 rings (SSSR count). The summed E-state index contributed by atoms with van der Waals surface area (Å²) in [7, 11) is 0. The smallest absolute Gasteiger partial charge is 0.155 e. The topological polar surface area (TPSA) is 48.5 Å². The Kier molecular flexibility index (Phi) is 2.72. The first kappa shape index (κ1) is 13.0. The zero-order chi connectivity index (χ0) is 15.9. The number of benzene rings is 2. The monoisotopic (exact) mass is 311 g/mol. The van der Waals surface area contributed by atoms with Crippen LogP contribution in [0.3, 0.4) is 0 Å². The van der Waals surface area contributed by atoms with Gasteiger partial charge in [-0.3, -0.25) is 0 Å². The number of hydrogen-bond donors (Lipinski definition) is 0. The molecule has 0 bridgehead atoms. The molecular formula is C19H13N5. The highest BCUT2D eigenvalue weighted by Gasteiger charge is 2.07. The van der Waals surface area contributed by atoms with Crippen LogP contribution in [0.1, 0.15) is 0 Å². The highest BCUT2D eigenvalue weighted by Crippen LogP contribution is 2.17. The van der Waals surface area contributed by atoms with Crippen molar-refractivity contribution in [3.63, 3.8) is 0 Å². The van der Waals surface area contributed by atoms with Crippen LogP contribution in [0, 0.1) is 0 Å².